The van der Waals surface area contributed by atoms with Gasteiger partial charge in [-0.1, -0.05) is 12.5 Å². The number of pyridine rings is 1. The molecule has 0 unspecified atom stereocenters. The molecule has 0 aliphatic heterocycles. The molecule has 0 spiro atoms. The fraction of sp³-hybridized carbons (Fsp3) is 0.400. The standard InChI is InChI=1S/C15H20N2O3/c18-12-14(19)7-2-1-4-11-17-15(20)9-8-13-6-3-5-10-16-13/h3,5-6,8-10,18H,1-2,4,7,11-12H2,(H,17,20)/b9-8+. The van der Waals surface area contributed by atoms with Crippen molar-refractivity contribution >= 4 is 17.8 Å². The van der Waals surface area contributed by atoms with Crippen LogP contribution in [0.2, 0.25) is 0 Å². The molecular weight excluding hydrogens is 256 g/mol. The van der Waals surface area contributed by atoms with E-state index in [2.05, 4.69) is 10.3 Å². The zero-order chi connectivity index (χ0) is 14.6. The second kappa shape index (κ2) is 9.86. The summed E-state index contributed by atoms with van der Waals surface area (Å²) >= 11 is 0. The molecule has 2 N–H and O–H groups in total. The van der Waals surface area contributed by atoms with Gasteiger partial charge in [0.25, 0.3) is 0 Å². The molecule has 108 valence electrons. The minimum absolute atomic E-state index is 0.132. The Hall–Kier alpha value is -2.01. The number of ketones is 1. The molecule has 0 atom stereocenters. The van der Waals surface area contributed by atoms with Crippen LogP contribution in [0, 0.1) is 0 Å². The van der Waals surface area contributed by atoms with Crippen LogP contribution in [0.3, 0.4) is 0 Å². The van der Waals surface area contributed by atoms with Gasteiger partial charge in [-0.25, -0.2) is 0 Å². The van der Waals surface area contributed by atoms with E-state index in [4.69, 9.17) is 5.11 Å². The van der Waals surface area contributed by atoms with Crippen LogP contribution in [-0.4, -0.2) is 34.9 Å². The molecule has 0 radical (unpaired) electrons. The van der Waals surface area contributed by atoms with E-state index in [1.807, 2.05) is 18.2 Å². The molecule has 5 heteroatoms. The summed E-state index contributed by atoms with van der Waals surface area (Å²) in [7, 11) is 0. The first-order chi connectivity index (χ1) is 9.72. The minimum Gasteiger partial charge on any atom is -0.389 e. The molecule has 0 fully saturated rings. The Bertz CT molecular complexity index is 444. The molecule has 20 heavy (non-hydrogen) atoms. The van der Waals surface area contributed by atoms with Gasteiger partial charge in [0.2, 0.25) is 5.91 Å². The molecule has 1 aromatic heterocycles. The largest absolute Gasteiger partial charge is 0.389 e. The van der Waals surface area contributed by atoms with Gasteiger partial charge in [0, 0.05) is 25.2 Å². The molecule has 1 heterocycles. The van der Waals surface area contributed by atoms with Crippen molar-refractivity contribution in [3.05, 3.63) is 36.2 Å². The van der Waals surface area contributed by atoms with Gasteiger partial charge in [0.05, 0.1) is 5.69 Å². The Labute approximate surface area is 118 Å². The predicted octanol–water partition coefficient (Wildman–Crippen LogP) is 1.33. The second-order valence-corrected chi connectivity index (χ2v) is 4.39. The molecule has 0 aliphatic rings. The van der Waals surface area contributed by atoms with Gasteiger partial charge in [-0.3, -0.25) is 14.6 Å². The van der Waals surface area contributed by atoms with Crippen LogP contribution >= 0.6 is 0 Å². The van der Waals surface area contributed by atoms with Gasteiger partial charge >= 0.3 is 0 Å². The van der Waals surface area contributed by atoms with Gasteiger partial charge in [0.1, 0.15) is 6.61 Å². The first-order valence-electron chi connectivity index (χ1n) is 6.72. The molecular formula is C15H20N2O3. The lowest BCUT2D eigenvalue weighted by Gasteiger charge is -2.02. The summed E-state index contributed by atoms with van der Waals surface area (Å²) in [5.41, 5.74) is 0.741. The third kappa shape index (κ3) is 7.43. The topological polar surface area (TPSA) is 79.3 Å². The highest BCUT2D eigenvalue weighted by atomic mass is 16.3. The molecule has 1 rings (SSSR count). The molecule has 5 nitrogen and oxygen atoms in total. The SMILES string of the molecule is O=C(CO)CCCCCNC(=O)/C=C/c1ccccn1. The van der Waals surface area contributed by atoms with Crippen LogP contribution in [0.4, 0.5) is 0 Å². The molecule has 1 amide bonds. The number of Topliss-reactive ketones (excluding diaryl/α,β-unsaturated/α-hetero) is 1. The number of hydrogen-bond donors (Lipinski definition) is 2. The van der Waals surface area contributed by atoms with Crippen LogP contribution in [0.25, 0.3) is 6.08 Å². The van der Waals surface area contributed by atoms with E-state index < -0.39 is 0 Å². The number of carbonyl (C=O) groups excluding carboxylic acids is 2. The zero-order valence-electron chi connectivity index (χ0n) is 11.4. The minimum atomic E-state index is -0.380. The number of aliphatic hydroxyl groups is 1. The van der Waals surface area contributed by atoms with Crippen molar-refractivity contribution in [3.8, 4) is 0 Å². The monoisotopic (exact) mass is 276 g/mol. The van der Waals surface area contributed by atoms with Crippen molar-refractivity contribution in [1.82, 2.24) is 10.3 Å². The van der Waals surface area contributed by atoms with Gasteiger partial charge in [0.15, 0.2) is 5.78 Å². The van der Waals surface area contributed by atoms with Gasteiger partial charge < -0.3 is 10.4 Å². The number of aliphatic hydroxyl groups excluding tert-OH is 1. The third-order valence-electron chi connectivity index (χ3n) is 2.70. The lowest BCUT2D eigenvalue weighted by atomic mass is 10.1. The Balaban J connectivity index is 2.09. The average Bonchev–Trinajstić information content (AvgIpc) is 2.49. The quantitative estimate of drug-likeness (QED) is 0.527. The van der Waals surface area contributed by atoms with Crippen molar-refractivity contribution in [1.29, 1.82) is 0 Å². The van der Waals surface area contributed by atoms with Crippen LogP contribution in [0.5, 0.6) is 0 Å². The summed E-state index contributed by atoms with van der Waals surface area (Å²) in [6.45, 7) is 0.202. The summed E-state index contributed by atoms with van der Waals surface area (Å²) in [5.74, 6) is -0.283. The molecule has 0 saturated carbocycles. The van der Waals surface area contributed by atoms with Gasteiger partial charge in [-0.15, -0.1) is 0 Å². The predicted molar refractivity (Wildman–Crippen MR) is 76.8 cm³/mol. The Kier molecular flexibility index (Phi) is 7.91. The first-order valence-corrected chi connectivity index (χ1v) is 6.72. The van der Waals surface area contributed by atoms with Crippen LogP contribution in [-0.2, 0) is 9.59 Å². The van der Waals surface area contributed by atoms with E-state index in [1.165, 1.54) is 6.08 Å². The number of carbonyl (C=O) groups is 2. The first kappa shape index (κ1) is 16.0. The highest BCUT2D eigenvalue weighted by Gasteiger charge is 1.99. The lowest BCUT2D eigenvalue weighted by Crippen LogP contribution is -2.22. The smallest absolute Gasteiger partial charge is 0.244 e. The van der Waals surface area contributed by atoms with Crippen LogP contribution < -0.4 is 5.32 Å². The van der Waals surface area contributed by atoms with Crippen molar-refractivity contribution in [2.45, 2.75) is 25.7 Å². The van der Waals surface area contributed by atoms with E-state index in [9.17, 15) is 9.59 Å². The zero-order valence-corrected chi connectivity index (χ0v) is 11.4. The maximum absolute atomic E-state index is 11.5. The van der Waals surface area contributed by atoms with Crippen LogP contribution in [0.1, 0.15) is 31.4 Å². The van der Waals surface area contributed by atoms with E-state index in [0.29, 0.717) is 13.0 Å². The van der Waals surface area contributed by atoms with E-state index in [0.717, 1.165) is 25.0 Å². The fourth-order valence-electron chi connectivity index (χ4n) is 1.61. The van der Waals surface area contributed by atoms with Gasteiger partial charge in [-0.05, 0) is 31.1 Å². The van der Waals surface area contributed by atoms with Crippen molar-refractivity contribution in [2.24, 2.45) is 0 Å². The summed E-state index contributed by atoms with van der Waals surface area (Å²) in [4.78, 5) is 26.4. The maximum Gasteiger partial charge on any atom is 0.244 e. The van der Waals surface area contributed by atoms with E-state index in [-0.39, 0.29) is 18.3 Å². The number of unbranched alkanes of at least 4 members (excludes halogenated alkanes) is 2. The number of hydrogen-bond acceptors (Lipinski definition) is 4. The summed E-state index contributed by atoms with van der Waals surface area (Å²) < 4.78 is 0. The fourth-order valence-corrected chi connectivity index (χ4v) is 1.61. The Morgan fingerprint density at radius 2 is 2.10 bits per heavy atom. The molecule has 0 saturated heterocycles. The number of amides is 1. The third-order valence-corrected chi connectivity index (χ3v) is 2.70. The molecule has 0 bridgehead atoms. The van der Waals surface area contributed by atoms with Crippen LogP contribution in [0.15, 0.2) is 30.5 Å². The Morgan fingerprint density at radius 1 is 1.25 bits per heavy atom. The Morgan fingerprint density at radius 3 is 2.80 bits per heavy atom. The lowest BCUT2D eigenvalue weighted by molar-refractivity contribution is -0.122. The highest BCUT2D eigenvalue weighted by Crippen LogP contribution is 2.00. The number of rotatable bonds is 9. The maximum atomic E-state index is 11.5. The number of nitrogens with zero attached hydrogens (tertiary/aromatic N) is 1. The van der Waals surface area contributed by atoms with E-state index >= 15 is 0 Å². The molecule has 0 aromatic carbocycles. The molecule has 1 aromatic rings. The molecule has 0 aliphatic carbocycles. The van der Waals surface area contributed by atoms with Crippen molar-refractivity contribution < 1.29 is 14.7 Å². The summed E-state index contributed by atoms with van der Waals surface area (Å²) in [5, 5.41) is 11.3. The number of nitrogens with one attached hydrogen (secondary N) is 1. The number of aromatic nitrogens is 1. The summed E-state index contributed by atoms with van der Waals surface area (Å²) in [6, 6.07) is 5.50. The van der Waals surface area contributed by atoms with Crippen molar-refractivity contribution in [2.75, 3.05) is 13.2 Å². The second-order valence-electron chi connectivity index (χ2n) is 4.39. The average molecular weight is 276 g/mol. The normalized spacial score (nSPS) is 10.7. The summed E-state index contributed by atoms with van der Waals surface area (Å²) in [6.07, 6.45) is 7.62. The van der Waals surface area contributed by atoms with Gasteiger partial charge in [-0.2, -0.15) is 0 Å². The van der Waals surface area contributed by atoms with E-state index in [1.54, 1.807) is 12.3 Å². The van der Waals surface area contributed by atoms with Crippen molar-refractivity contribution in [3.63, 3.8) is 0 Å². The highest BCUT2D eigenvalue weighted by molar-refractivity contribution is 5.91.